The lowest BCUT2D eigenvalue weighted by atomic mass is 10.6. The van der Waals surface area contributed by atoms with E-state index in [0.717, 1.165) is 0 Å². The van der Waals surface area contributed by atoms with E-state index in [9.17, 15) is 0 Å². The summed E-state index contributed by atoms with van der Waals surface area (Å²) >= 11 is 8.18. The van der Waals surface area contributed by atoms with Crippen LogP contribution in [-0.2, 0) is 0 Å². The van der Waals surface area contributed by atoms with Crippen molar-refractivity contribution in [3.05, 3.63) is 0 Å². The lowest BCUT2D eigenvalue weighted by Gasteiger charge is -2.01. The van der Waals surface area contributed by atoms with Crippen LogP contribution in [0.25, 0.3) is 0 Å². The molecule has 0 aromatic heterocycles. The second-order valence-corrected chi connectivity index (χ2v) is 7.69. The zero-order valence-corrected chi connectivity index (χ0v) is 13.3. The number of rotatable bonds is 12. The van der Waals surface area contributed by atoms with Crippen LogP contribution in [0.2, 0.25) is 0 Å². The fourth-order valence-corrected chi connectivity index (χ4v) is 4.29. The van der Waals surface area contributed by atoms with Crippen molar-refractivity contribution in [3.8, 4) is 0 Å². The molecule has 0 aliphatic rings. The fraction of sp³-hybridized carbons (Fsp3) is 1.00. The predicted molar refractivity (Wildman–Crippen MR) is 85.3 cm³/mol. The first kappa shape index (κ1) is 16.4. The van der Waals surface area contributed by atoms with Gasteiger partial charge in [0, 0.05) is 0 Å². The summed E-state index contributed by atoms with van der Waals surface area (Å²) < 4.78 is 0. The predicted octanol–water partition coefficient (Wildman–Crippen LogP) is 4.35. The van der Waals surface area contributed by atoms with Crippen molar-refractivity contribution in [2.24, 2.45) is 0 Å². The van der Waals surface area contributed by atoms with E-state index < -0.39 is 0 Å². The normalized spacial score (nSPS) is 10.8. The molecule has 0 nitrogen and oxygen atoms in total. The van der Waals surface area contributed by atoms with Gasteiger partial charge in [-0.25, -0.2) is 0 Å². The molecule has 0 aliphatic heterocycles. The van der Waals surface area contributed by atoms with Gasteiger partial charge in [0.15, 0.2) is 0 Å². The van der Waals surface area contributed by atoms with Crippen LogP contribution in [0.1, 0.15) is 19.3 Å². The van der Waals surface area contributed by atoms with Crippen molar-refractivity contribution in [1.82, 2.24) is 0 Å². The summed E-state index contributed by atoms with van der Waals surface area (Å²) in [6, 6.07) is 0. The Kier molecular flexibility index (Phi) is 16.8. The highest BCUT2D eigenvalue weighted by Gasteiger charge is 1.92. The second kappa shape index (κ2) is 15.4. The molecule has 0 rings (SSSR count). The van der Waals surface area contributed by atoms with E-state index in [1.807, 2.05) is 23.5 Å². The third kappa shape index (κ3) is 15.4. The van der Waals surface area contributed by atoms with Crippen LogP contribution in [-0.4, -0.2) is 47.0 Å². The largest absolute Gasteiger partial charge is 0.165 e. The molecule has 0 saturated carbocycles. The van der Waals surface area contributed by atoms with Crippen molar-refractivity contribution >= 4 is 47.0 Å². The quantitative estimate of drug-likeness (QED) is 0.488. The summed E-state index contributed by atoms with van der Waals surface area (Å²) in [6.07, 6.45) is 8.54. The van der Waals surface area contributed by atoms with E-state index in [0.29, 0.717) is 0 Å². The molecule has 4 heteroatoms. The first-order valence-corrected chi connectivity index (χ1v) is 10.6. The smallest absolute Gasteiger partial charge is 0.00597 e. The Morgan fingerprint density at radius 1 is 0.533 bits per heavy atom. The third-order valence-electron chi connectivity index (χ3n) is 1.85. The third-order valence-corrected chi connectivity index (χ3v) is 5.55. The fourth-order valence-electron chi connectivity index (χ4n) is 1.08. The van der Waals surface area contributed by atoms with Gasteiger partial charge in [-0.3, -0.25) is 0 Å². The van der Waals surface area contributed by atoms with Gasteiger partial charge >= 0.3 is 0 Å². The van der Waals surface area contributed by atoms with Crippen molar-refractivity contribution in [1.29, 1.82) is 0 Å². The topological polar surface area (TPSA) is 0 Å². The number of hydrogen-bond acceptors (Lipinski definition) is 4. The van der Waals surface area contributed by atoms with Crippen molar-refractivity contribution in [3.63, 3.8) is 0 Å². The maximum Gasteiger partial charge on any atom is -0.00597 e. The van der Waals surface area contributed by atoms with E-state index in [1.165, 1.54) is 53.8 Å². The Morgan fingerprint density at radius 2 is 0.867 bits per heavy atom. The van der Waals surface area contributed by atoms with Crippen LogP contribution >= 0.6 is 47.0 Å². The van der Waals surface area contributed by atoms with Crippen LogP contribution in [0.4, 0.5) is 0 Å². The molecule has 0 fully saturated rings. The van der Waals surface area contributed by atoms with Crippen LogP contribution in [0, 0.1) is 0 Å². The molecule has 0 aromatic carbocycles. The summed E-state index contributed by atoms with van der Waals surface area (Å²) in [6.45, 7) is 0. The maximum atomic E-state index is 2.19. The highest BCUT2D eigenvalue weighted by molar-refractivity contribution is 8.00. The van der Waals surface area contributed by atoms with E-state index >= 15 is 0 Å². The zero-order chi connectivity index (χ0) is 11.2. The number of hydrogen-bond donors (Lipinski definition) is 0. The Morgan fingerprint density at radius 3 is 1.20 bits per heavy atom. The Bertz CT molecular complexity index is 96.8. The molecular formula is C11H24S4. The first-order chi connectivity index (χ1) is 7.41. The second-order valence-electron chi connectivity index (χ2n) is 3.27. The lowest BCUT2D eigenvalue weighted by Crippen LogP contribution is -1.90. The number of thioether (sulfide) groups is 4. The Labute approximate surface area is 113 Å². The van der Waals surface area contributed by atoms with Gasteiger partial charge in [-0.1, -0.05) is 0 Å². The molecule has 0 bridgehead atoms. The molecule has 0 aromatic rings. The van der Waals surface area contributed by atoms with Crippen molar-refractivity contribution in [2.45, 2.75) is 19.3 Å². The SMILES string of the molecule is CSCCCSCCCSCCCSC. The molecule has 0 heterocycles. The highest BCUT2D eigenvalue weighted by atomic mass is 32.2. The molecule has 0 unspecified atom stereocenters. The molecule has 0 radical (unpaired) electrons. The van der Waals surface area contributed by atoms with Gasteiger partial charge in [0.05, 0.1) is 0 Å². The average molecular weight is 285 g/mol. The van der Waals surface area contributed by atoms with Crippen LogP contribution in [0.3, 0.4) is 0 Å². The molecule has 0 spiro atoms. The average Bonchev–Trinajstić information content (AvgIpc) is 2.26. The van der Waals surface area contributed by atoms with Gasteiger partial charge in [0.2, 0.25) is 0 Å². The summed E-state index contributed by atoms with van der Waals surface area (Å²) in [4.78, 5) is 0. The standard InChI is InChI=1S/C11H24S4/c1-12-6-3-8-14-10-5-11-15-9-4-7-13-2/h3-11H2,1-2H3. The minimum Gasteiger partial charge on any atom is -0.165 e. The van der Waals surface area contributed by atoms with Gasteiger partial charge in [0.1, 0.15) is 0 Å². The Hall–Kier alpha value is 1.40. The molecule has 0 amide bonds. The summed E-state index contributed by atoms with van der Waals surface area (Å²) in [5.41, 5.74) is 0. The van der Waals surface area contributed by atoms with E-state index in [1.54, 1.807) is 0 Å². The molecule has 15 heavy (non-hydrogen) atoms. The minimum absolute atomic E-state index is 1.33. The minimum atomic E-state index is 1.33. The molecule has 92 valence electrons. The molecule has 0 saturated heterocycles. The van der Waals surface area contributed by atoms with Crippen LogP contribution < -0.4 is 0 Å². The van der Waals surface area contributed by atoms with E-state index in [4.69, 9.17) is 0 Å². The van der Waals surface area contributed by atoms with Gasteiger partial charge in [-0.2, -0.15) is 47.0 Å². The summed E-state index contributed by atoms with van der Waals surface area (Å²) in [7, 11) is 0. The van der Waals surface area contributed by atoms with Gasteiger partial charge in [-0.15, -0.1) is 0 Å². The lowest BCUT2D eigenvalue weighted by molar-refractivity contribution is 1.08. The van der Waals surface area contributed by atoms with Gasteiger partial charge < -0.3 is 0 Å². The molecule has 0 N–H and O–H groups in total. The van der Waals surface area contributed by atoms with Gasteiger partial charge in [0.25, 0.3) is 0 Å². The van der Waals surface area contributed by atoms with Crippen molar-refractivity contribution in [2.75, 3.05) is 47.0 Å². The monoisotopic (exact) mass is 284 g/mol. The van der Waals surface area contributed by atoms with Crippen LogP contribution in [0.5, 0.6) is 0 Å². The maximum absolute atomic E-state index is 2.19. The van der Waals surface area contributed by atoms with Crippen LogP contribution in [0.15, 0.2) is 0 Å². The highest BCUT2D eigenvalue weighted by Crippen LogP contribution is 2.11. The van der Waals surface area contributed by atoms with E-state index in [-0.39, 0.29) is 0 Å². The Balaban J connectivity index is 2.81. The molecule has 0 atom stereocenters. The molecular weight excluding hydrogens is 260 g/mol. The summed E-state index contributed by atoms with van der Waals surface area (Å²) in [5.74, 6) is 8.11. The molecule has 0 aliphatic carbocycles. The van der Waals surface area contributed by atoms with E-state index in [2.05, 4.69) is 36.0 Å². The zero-order valence-electron chi connectivity index (χ0n) is 10.00. The first-order valence-electron chi connectivity index (χ1n) is 5.55. The summed E-state index contributed by atoms with van der Waals surface area (Å²) in [5, 5.41) is 0. The van der Waals surface area contributed by atoms with Gasteiger partial charge in [-0.05, 0) is 66.3 Å². The van der Waals surface area contributed by atoms with Crippen molar-refractivity contribution < 1.29 is 0 Å².